The first-order valence-electron chi connectivity index (χ1n) is 4.58. The molecule has 0 radical (unpaired) electrons. The first-order valence-corrected chi connectivity index (χ1v) is 7.71. The first kappa shape index (κ1) is 12.6. The van der Waals surface area contributed by atoms with Crippen molar-refractivity contribution in [3.8, 4) is 0 Å². The summed E-state index contributed by atoms with van der Waals surface area (Å²) in [6, 6.07) is 2.78. The lowest BCUT2D eigenvalue weighted by Gasteiger charge is -2.21. The van der Waals surface area contributed by atoms with Crippen LogP contribution in [0.25, 0.3) is 0 Å². The molecule has 3 N–H and O–H groups in total. The summed E-state index contributed by atoms with van der Waals surface area (Å²) in [6.45, 7) is 0.289. The Morgan fingerprint density at radius 2 is 2.18 bits per heavy atom. The molecule has 0 fully saturated rings. The highest BCUT2D eigenvalue weighted by molar-refractivity contribution is 7.92. The third-order valence-electron chi connectivity index (χ3n) is 2.25. The molecule has 17 heavy (non-hydrogen) atoms. The lowest BCUT2D eigenvalue weighted by atomic mass is 10.2. The van der Waals surface area contributed by atoms with Crippen molar-refractivity contribution in [2.24, 2.45) is 0 Å². The molecule has 94 valence electrons. The number of anilines is 2. The van der Waals surface area contributed by atoms with Crippen LogP contribution in [0.2, 0.25) is 5.02 Å². The van der Waals surface area contributed by atoms with E-state index in [9.17, 15) is 12.6 Å². The molecule has 6 nitrogen and oxygen atoms in total. The highest BCUT2D eigenvalue weighted by Crippen LogP contribution is 2.36. The lowest BCUT2D eigenvalue weighted by molar-refractivity contribution is 0.570. The molecule has 0 saturated carbocycles. The summed E-state index contributed by atoms with van der Waals surface area (Å²) in [7, 11) is -3.46. The molecule has 1 aliphatic heterocycles. The van der Waals surface area contributed by atoms with Gasteiger partial charge in [0.15, 0.2) is 9.84 Å². The molecule has 1 heterocycles. The van der Waals surface area contributed by atoms with Gasteiger partial charge in [-0.1, -0.05) is 11.6 Å². The van der Waals surface area contributed by atoms with Crippen molar-refractivity contribution in [1.29, 1.82) is 0 Å². The maximum Gasteiger partial charge on any atom is 0.259 e. The van der Waals surface area contributed by atoms with E-state index >= 15 is 0 Å². The number of hydrogen-bond donors (Lipinski definition) is 3. The number of halogens is 1. The SMILES string of the molecule is O=S(O)Nc1cc(Cl)cc2c1S(=O)(=O)CCN2. The van der Waals surface area contributed by atoms with E-state index in [0.29, 0.717) is 5.69 Å². The van der Waals surface area contributed by atoms with Crippen LogP contribution in [0.15, 0.2) is 17.0 Å². The van der Waals surface area contributed by atoms with Gasteiger partial charge in [-0.15, -0.1) is 0 Å². The van der Waals surface area contributed by atoms with Crippen molar-refractivity contribution >= 4 is 44.1 Å². The van der Waals surface area contributed by atoms with Gasteiger partial charge in [0.1, 0.15) is 4.90 Å². The van der Waals surface area contributed by atoms with Crippen LogP contribution in [-0.4, -0.2) is 29.5 Å². The zero-order valence-electron chi connectivity index (χ0n) is 8.44. The van der Waals surface area contributed by atoms with Gasteiger partial charge in [0.2, 0.25) is 0 Å². The van der Waals surface area contributed by atoms with Gasteiger partial charge < -0.3 is 5.32 Å². The minimum Gasteiger partial charge on any atom is -0.383 e. The van der Waals surface area contributed by atoms with Gasteiger partial charge in [0.25, 0.3) is 11.3 Å². The van der Waals surface area contributed by atoms with E-state index in [1.54, 1.807) is 0 Å². The van der Waals surface area contributed by atoms with Crippen LogP contribution in [0.5, 0.6) is 0 Å². The summed E-state index contributed by atoms with van der Waals surface area (Å²) >= 11 is 3.45. The highest BCUT2D eigenvalue weighted by atomic mass is 35.5. The van der Waals surface area contributed by atoms with Gasteiger partial charge >= 0.3 is 0 Å². The Bertz CT molecular complexity index is 587. The number of sulfone groups is 1. The second-order valence-electron chi connectivity index (χ2n) is 3.43. The standard InChI is InChI=1S/C8H9ClN2O4S2/c9-5-3-6-8(7(4-5)11-16(12)13)17(14,15)2-1-10-6/h3-4,10-11H,1-2H2,(H,12,13). The predicted molar refractivity (Wildman–Crippen MR) is 66.4 cm³/mol. The Hall–Kier alpha value is -0.830. The van der Waals surface area contributed by atoms with Crippen molar-refractivity contribution in [2.75, 3.05) is 22.3 Å². The van der Waals surface area contributed by atoms with E-state index in [1.165, 1.54) is 12.1 Å². The molecule has 1 unspecified atom stereocenters. The van der Waals surface area contributed by atoms with Gasteiger partial charge in [-0.25, -0.2) is 12.6 Å². The number of benzene rings is 1. The lowest BCUT2D eigenvalue weighted by Crippen LogP contribution is -2.24. The smallest absolute Gasteiger partial charge is 0.259 e. The van der Waals surface area contributed by atoms with E-state index < -0.39 is 21.1 Å². The van der Waals surface area contributed by atoms with E-state index in [-0.39, 0.29) is 27.9 Å². The maximum absolute atomic E-state index is 11.9. The molecule has 1 atom stereocenters. The minimum absolute atomic E-state index is 0.0180. The average molecular weight is 297 g/mol. The van der Waals surface area contributed by atoms with E-state index in [1.807, 2.05) is 0 Å². The Kier molecular flexibility index (Phi) is 3.30. The van der Waals surface area contributed by atoms with Crippen LogP contribution < -0.4 is 10.0 Å². The van der Waals surface area contributed by atoms with Crippen molar-refractivity contribution in [3.05, 3.63) is 17.2 Å². The molecule has 2 rings (SSSR count). The van der Waals surface area contributed by atoms with E-state index in [2.05, 4.69) is 10.0 Å². The Morgan fingerprint density at radius 3 is 2.82 bits per heavy atom. The molecule has 0 spiro atoms. The number of rotatable bonds is 2. The van der Waals surface area contributed by atoms with Gasteiger partial charge in [-0.05, 0) is 12.1 Å². The van der Waals surface area contributed by atoms with Crippen LogP contribution in [0.4, 0.5) is 11.4 Å². The fraction of sp³-hybridized carbons (Fsp3) is 0.250. The van der Waals surface area contributed by atoms with Crippen molar-refractivity contribution < 1.29 is 17.2 Å². The topological polar surface area (TPSA) is 95.5 Å². The molecule has 0 aliphatic carbocycles. The molecular formula is C8H9ClN2O4S2. The molecule has 1 aliphatic rings. The summed E-state index contributed by atoms with van der Waals surface area (Å²) in [4.78, 5) is -0.0180. The third kappa shape index (κ3) is 2.54. The fourth-order valence-corrected chi connectivity index (χ4v) is 3.77. The maximum atomic E-state index is 11.9. The summed E-state index contributed by atoms with van der Waals surface area (Å²) in [6.07, 6.45) is 0. The molecule has 0 aromatic heterocycles. The molecular weight excluding hydrogens is 288 g/mol. The van der Waals surface area contributed by atoms with Gasteiger partial charge in [0, 0.05) is 11.6 Å². The van der Waals surface area contributed by atoms with Crippen LogP contribution in [0.1, 0.15) is 0 Å². The number of hydrogen-bond acceptors (Lipinski definition) is 4. The Labute approximate surface area is 106 Å². The van der Waals surface area contributed by atoms with Gasteiger partial charge in [-0.3, -0.25) is 9.27 Å². The molecule has 9 heteroatoms. The summed E-state index contributed by atoms with van der Waals surface area (Å²) in [5.41, 5.74) is 0.372. The third-order valence-corrected chi connectivity index (χ3v) is 4.66. The summed E-state index contributed by atoms with van der Waals surface area (Å²) < 4.78 is 45.4. The van der Waals surface area contributed by atoms with Crippen molar-refractivity contribution in [1.82, 2.24) is 0 Å². The second-order valence-corrected chi connectivity index (χ2v) is 6.61. The monoisotopic (exact) mass is 296 g/mol. The summed E-state index contributed by atoms with van der Waals surface area (Å²) in [5, 5.41) is 3.17. The number of nitrogens with one attached hydrogen (secondary N) is 2. The Morgan fingerprint density at radius 1 is 1.47 bits per heavy atom. The van der Waals surface area contributed by atoms with E-state index in [0.717, 1.165) is 0 Å². The minimum atomic E-state index is -3.46. The fourth-order valence-electron chi connectivity index (χ4n) is 1.65. The average Bonchev–Trinajstić information content (AvgIpc) is 2.13. The van der Waals surface area contributed by atoms with E-state index in [4.69, 9.17) is 16.2 Å². The molecule has 1 aromatic rings. The van der Waals surface area contributed by atoms with Gasteiger partial charge in [0.05, 0.1) is 17.1 Å². The number of fused-ring (bicyclic) bond motifs is 1. The van der Waals surface area contributed by atoms with Crippen LogP contribution in [0.3, 0.4) is 0 Å². The van der Waals surface area contributed by atoms with Crippen molar-refractivity contribution in [2.45, 2.75) is 4.90 Å². The van der Waals surface area contributed by atoms with Gasteiger partial charge in [-0.2, -0.15) is 0 Å². The van der Waals surface area contributed by atoms with Crippen LogP contribution >= 0.6 is 11.6 Å². The largest absolute Gasteiger partial charge is 0.383 e. The van der Waals surface area contributed by atoms with Crippen molar-refractivity contribution in [3.63, 3.8) is 0 Å². The molecule has 1 aromatic carbocycles. The van der Waals surface area contributed by atoms with Crippen LogP contribution in [-0.2, 0) is 21.1 Å². The molecule has 0 bridgehead atoms. The zero-order valence-corrected chi connectivity index (χ0v) is 10.8. The summed E-state index contributed by atoms with van der Waals surface area (Å²) in [5.74, 6) is -0.0611. The first-order chi connectivity index (χ1) is 7.90. The predicted octanol–water partition coefficient (Wildman–Crippen LogP) is 1.09. The second kappa shape index (κ2) is 4.45. The zero-order chi connectivity index (χ0) is 12.6. The highest BCUT2D eigenvalue weighted by Gasteiger charge is 2.27. The normalized spacial score (nSPS) is 18.9. The quantitative estimate of drug-likeness (QED) is 0.710. The Balaban J connectivity index is 2.67. The molecule has 0 saturated heterocycles. The molecule has 0 amide bonds. The van der Waals surface area contributed by atoms with Crippen LogP contribution in [0, 0.1) is 0 Å².